The van der Waals surface area contributed by atoms with Gasteiger partial charge in [0.25, 0.3) is 5.92 Å². The van der Waals surface area contributed by atoms with E-state index in [1.54, 1.807) is 23.1 Å². The molecule has 31 heavy (non-hydrogen) atoms. The van der Waals surface area contributed by atoms with Gasteiger partial charge in [0, 0.05) is 37.7 Å². The molecule has 1 saturated heterocycles. The lowest BCUT2D eigenvalue weighted by atomic mass is 9.87. The van der Waals surface area contributed by atoms with Gasteiger partial charge in [-0.2, -0.15) is 4.98 Å². The number of fused-ring (bicyclic) bond motifs is 1. The van der Waals surface area contributed by atoms with Crippen LogP contribution in [0.3, 0.4) is 0 Å². The average Bonchev–Trinajstić information content (AvgIpc) is 2.72. The van der Waals surface area contributed by atoms with Crippen molar-refractivity contribution in [3.8, 4) is 0 Å². The highest BCUT2D eigenvalue weighted by Crippen LogP contribution is 2.38. The number of rotatable bonds is 3. The molecule has 0 radical (unpaired) electrons. The molecule has 2 atom stereocenters. The number of aromatic nitrogens is 4. The van der Waals surface area contributed by atoms with Crippen molar-refractivity contribution >= 4 is 40.1 Å². The average molecular weight is 451 g/mol. The Morgan fingerprint density at radius 3 is 2.58 bits per heavy atom. The van der Waals surface area contributed by atoms with Crippen molar-refractivity contribution in [3.63, 3.8) is 0 Å². The minimum atomic E-state index is -2.74. The van der Waals surface area contributed by atoms with Crippen LogP contribution < -0.4 is 21.3 Å². The molecule has 0 saturated carbocycles. The van der Waals surface area contributed by atoms with Crippen molar-refractivity contribution in [2.75, 3.05) is 23.3 Å². The van der Waals surface area contributed by atoms with Gasteiger partial charge in [-0.25, -0.2) is 13.8 Å². The Morgan fingerprint density at radius 2 is 1.90 bits per heavy atom. The van der Waals surface area contributed by atoms with Crippen molar-refractivity contribution in [1.82, 2.24) is 19.5 Å². The van der Waals surface area contributed by atoms with E-state index in [4.69, 9.17) is 11.6 Å². The summed E-state index contributed by atoms with van der Waals surface area (Å²) in [6.07, 6.45) is 1.42. The Kier molecular flexibility index (Phi) is 5.20. The number of H-pyrrole nitrogens is 1. The van der Waals surface area contributed by atoms with E-state index >= 15 is 0 Å². The Morgan fingerprint density at radius 1 is 1.23 bits per heavy atom. The largest absolute Gasteiger partial charge is 0.340 e. The molecule has 11 heteroatoms. The fourth-order valence-electron chi connectivity index (χ4n) is 3.81. The van der Waals surface area contributed by atoms with Crippen LogP contribution in [0.25, 0.3) is 11.0 Å². The van der Waals surface area contributed by atoms with Crippen molar-refractivity contribution in [1.29, 1.82) is 0 Å². The molecule has 0 amide bonds. The zero-order chi connectivity index (χ0) is 22.5. The Bertz CT molecular complexity index is 1260. The van der Waals surface area contributed by atoms with Gasteiger partial charge in [0.15, 0.2) is 5.82 Å². The summed E-state index contributed by atoms with van der Waals surface area (Å²) in [5.74, 6) is -3.81. The number of anilines is 3. The van der Waals surface area contributed by atoms with Gasteiger partial charge >= 0.3 is 11.1 Å². The van der Waals surface area contributed by atoms with Crippen LogP contribution in [0.2, 0.25) is 5.02 Å². The molecule has 1 aliphatic heterocycles. The van der Waals surface area contributed by atoms with E-state index in [1.165, 1.54) is 31.7 Å². The molecule has 0 unspecified atom stereocenters. The first-order valence-electron chi connectivity index (χ1n) is 9.73. The molecule has 2 N–H and O–H groups in total. The number of hydrogen-bond donors (Lipinski definition) is 2. The summed E-state index contributed by atoms with van der Waals surface area (Å²) in [5.41, 5.74) is 0.220. The fraction of sp³-hybridized carbons (Fsp3) is 0.400. The Labute approximate surface area is 180 Å². The predicted molar refractivity (Wildman–Crippen MR) is 116 cm³/mol. The lowest BCUT2D eigenvalue weighted by molar-refractivity contribution is -0.105. The van der Waals surface area contributed by atoms with Crippen LogP contribution in [0.15, 0.2) is 34.0 Å². The highest BCUT2D eigenvalue weighted by atomic mass is 35.5. The quantitative estimate of drug-likeness (QED) is 0.595. The zero-order valence-electron chi connectivity index (χ0n) is 17.1. The number of halogens is 3. The molecular formula is C20H21ClF2N6O2. The van der Waals surface area contributed by atoms with E-state index in [-0.39, 0.29) is 18.1 Å². The van der Waals surface area contributed by atoms with E-state index in [2.05, 4.69) is 20.3 Å². The number of piperidine rings is 1. The van der Waals surface area contributed by atoms with Gasteiger partial charge in [0.1, 0.15) is 5.02 Å². The summed E-state index contributed by atoms with van der Waals surface area (Å²) in [4.78, 5) is 36.5. The van der Waals surface area contributed by atoms with E-state index < -0.39 is 28.9 Å². The molecule has 0 aliphatic carbocycles. The van der Waals surface area contributed by atoms with Gasteiger partial charge in [-0.3, -0.25) is 9.59 Å². The minimum absolute atomic E-state index is 0.129. The van der Waals surface area contributed by atoms with E-state index in [9.17, 15) is 18.4 Å². The van der Waals surface area contributed by atoms with Crippen LogP contribution in [0, 0.1) is 11.8 Å². The van der Waals surface area contributed by atoms with Crippen LogP contribution >= 0.6 is 11.6 Å². The smallest absolute Gasteiger partial charge is 0.316 e. The molecule has 1 aliphatic rings. The van der Waals surface area contributed by atoms with E-state index in [1.807, 2.05) is 0 Å². The van der Waals surface area contributed by atoms with Gasteiger partial charge < -0.3 is 19.8 Å². The van der Waals surface area contributed by atoms with Gasteiger partial charge in [-0.15, -0.1) is 0 Å². The number of benzene rings is 1. The fourth-order valence-corrected chi connectivity index (χ4v) is 3.94. The second-order valence-electron chi connectivity index (χ2n) is 7.92. The first-order valence-corrected chi connectivity index (χ1v) is 10.1. The van der Waals surface area contributed by atoms with Crippen LogP contribution in [-0.2, 0) is 7.05 Å². The normalized spacial score (nSPS) is 20.8. The third-order valence-electron chi connectivity index (χ3n) is 5.68. The molecule has 3 aromatic rings. The van der Waals surface area contributed by atoms with Crippen LogP contribution in [0.1, 0.15) is 13.8 Å². The summed E-state index contributed by atoms with van der Waals surface area (Å²) in [5, 5.41) is 3.32. The maximum Gasteiger partial charge on any atom is 0.316 e. The maximum atomic E-state index is 14.2. The summed E-state index contributed by atoms with van der Waals surface area (Å²) < 4.78 is 29.6. The molecular weight excluding hydrogens is 430 g/mol. The van der Waals surface area contributed by atoms with Gasteiger partial charge in [0.05, 0.1) is 17.2 Å². The molecule has 0 bridgehead atoms. The number of nitrogens with one attached hydrogen (secondary N) is 2. The summed E-state index contributed by atoms with van der Waals surface area (Å²) in [6, 6.07) is 5.05. The third kappa shape index (κ3) is 3.76. The molecule has 2 aromatic heterocycles. The topological polar surface area (TPSA) is 95.9 Å². The zero-order valence-corrected chi connectivity index (χ0v) is 17.9. The first kappa shape index (κ1) is 21.2. The second kappa shape index (κ2) is 7.60. The number of hydrogen-bond acceptors (Lipinski definition) is 6. The summed E-state index contributed by atoms with van der Waals surface area (Å²) in [6.45, 7) is 3.29. The lowest BCUT2D eigenvalue weighted by Gasteiger charge is -2.41. The highest BCUT2D eigenvalue weighted by molar-refractivity contribution is 6.32. The number of alkyl halides is 2. The molecule has 1 aromatic carbocycles. The Balaban J connectivity index is 1.65. The van der Waals surface area contributed by atoms with Crippen molar-refractivity contribution in [2.45, 2.75) is 19.8 Å². The van der Waals surface area contributed by atoms with Crippen molar-refractivity contribution < 1.29 is 8.78 Å². The predicted octanol–water partition coefficient (Wildman–Crippen LogP) is 3.14. The van der Waals surface area contributed by atoms with Crippen LogP contribution in [0.5, 0.6) is 0 Å². The molecule has 4 rings (SSSR count). The Hall–Kier alpha value is -3.01. The van der Waals surface area contributed by atoms with Gasteiger partial charge in [-0.05, 0) is 18.2 Å². The highest BCUT2D eigenvalue weighted by Gasteiger charge is 2.47. The lowest BCUT2D eigenvalue weighted by Crippen LogP contribution is -2.52. The van der Waals surface area contributed by atoms with Crippen LogP contribution in [-0.4, -0.2) is 38.5 Å². The standard InChI is InChI=1S/C20H21ClF2N6O2/c1-10-8-29(9-11(2)20(10,22)23)19-24-7-13(21)16(27-19)25-12-4-5-15-14(6-12)26-17(30)18(31)28(15)3/h4-7,10-11H,8-9H2,1-3H3,(H,26,30)(H,24,25,27)/t10-,11+. The summed E-state index contributed by atoms with van der Waals surface area (Å²) >= 11 is 6.25. The molecule has 0 spiro atoms. The van der Waals surface area contributed by atoms with Gasteiger partial charge in [-0.1, -0.05) is 25.4 Å². The van der Waals surface area contributed by atoms with Crippen LogP contribution in [0.4, 0.5) is 26.2 Å². The maximum absolute atomic E-state index is 14.2. The molecule has 164 valence electrons. The second-order valence-corrected chi connectivity index (χ2v) is 8.33. The SMILES string of the molecule is C[C@@H]1CN(c2ncc(Cl)c(Nc3ccc4c(c3)[nH]c(=O)c(=O)n4C)n2)C[C@H](C)C1(F)F. The minimum Gasteiger partial charge on any atom is -0.340 e. The van der Waals surface area contributed by atoms with Crippen molar-refractivity contribution in [3.05, 3.63) is 50.1 Å². The number of nitrogens with zero attached hydrogens (tertiary/aromatic N) is 4. The van der Waals surface area contributed by atoms with Gasteiger partial charge in [0.2, 0.25) is 5.95 Å². The monoisotopic (exact) mass is 450 g/mol. The molecule has 8 nitrogen and oxygen atoms in total. The van der Waals surface area contributed by atoms with E-state index in [0.29, 0.717) is 28.5 Å². The molecule has 1 fully saturated rings. The number of aryl methyl sites for hydroxylation is 1. The third-order valence-corrected chi connectivity index (χ3v) is 5.96. The van der Waals surface area contributed by atoms with Crippen molar-refractivity contribution in [2.24, 2.45) is 18.9 Å². The number of aromatic amines is 1. The molecule has 3 heterocycles. The van der Waals surface area contributed by atoms with E-state index in [0.717, 1.165) is 0 Å². The summed E-state index contributed by atoms with van der Waals surface area (Å²) in [7, 11) is 1.52. The first-order chi connectivity index (χ1) is 14.6.